The van der Waals surface area contributed by atoms with Crippen LogP contribution in [0.25, 0.3) is 0 Å². The van der Waals surface area contributed by atoms with E-state index in [0.29, 0.717) is 25.7 Å². The van der Waals surface area contributed by atoms with Crippen LogP contribution < -0.4 is 0 Å². The number of aliphatic hydroxyl groups is 2. The third-order valence-corrected chi connectivity index (χ3v) is 13.5. The summed E-state index contributed by atoms with van der Waals surface area (Å²) in [5, 5.41) is 31.5. The van der Waals surface area contributed by atoms with Gasteiger partial charge in [-0.05, 0) is 128 Å². The van der Waals surface area contributed by atoms with Gasteiger partial charge in [-0.25, -0.2) is 4.79 Å². The molecule has 1 aliphatic heterocycles. The standard InChI is InChI=1S/C69H110O12/c1-4-7-10-13-16-19-22-25-28-30-31-33-35-37-40-43-46-49-52-55-61(70)77-58-60(79-62(71)56-53-50-47-44-41-39-36-32-29-26-23-20-17-14-11-8-5-2)59-78-69-67(65(74)64(73)66(81-69)68(75)76)80-63(72)57-54-51-48-45-42-38-34-27-24-21-18-15-12-9-6-3/h8-9,11-12,16-21,25-29,34,36,39,42,45,60,64-67,69,73-74H,4-7,10,13-15,22-24,30-33,35,37-38,40-41,43-44,46-59H2,1-3H3,(H,75,76)/b11-8-,12-9-,19-16-,20-17-,21-18-,28-25-,29-26-,34-27-,39-36-,45-42-. The van der Waals surface area contributed by atoms with Crippen LogP contribution in [0.1, 0.15) is 239 Å². The second-order valence-corrected chi connectivity index (χ2v) is 20.9. The molecule has 3 N–H and O–H groups in total. The number of rotatable bonds is 52. The maximum atomic E-state index is 13.2. The Kier molecular flexibility index (Phi) is 50.9. The fourth-order valence-corrected chi connectivity index (χ4v) is 8.73. The maximum absolute atomic E-state index is 13.2. The van der Waals surface area contributed by atoms with E-state index >= 15 is 0 Å². The highest BCUT2D eigenvalue weighted by Crippen LogP contribution is 2.26. The molecule has 0 spiro atoms. The van der Waals surface area contributed by atoms with Crippen molar-refractivity contribution in [3.63, 3.8) is 0 Å². The number of carboxylic acids is 1. The molecule has 0 bridgehead atoms. The fourth-order valence-electron chi connectivity index (χ4n) is 8.73. The minimum absolute atomic E-state index is 0.00121. The van der Waals surface area contributed by atoms with Crippen LogP contribution in [0.5, 0.6) is 0 Å². The highest BCUT2D eigenvalue weighted by molar-refractivity contribution is 5.74. The van der Waals surface area contributed by atoms with Crippen molar-refractivity contribution in [2.45, 2.75) is 276 Å². The molecule has 81 heavy (non-hydrogen) atoms. The number of aliphatic hydroxyl groups excluding tert-OH is 2. The first kappa shape index (κ1) is 74.1. The first-order valence-electron chi connectivity index (χ1n) is 31.5. The number of hydrogen-bond acceptors (Lipinski definition) is 11. The van der Waals surface area contributed by atoms with E-state index in [1.165, 1.54) is 57.8 Å². The van der Waals surface area contributed by atoms with Gasteiger partial charge >= 0.3 is 23.9 Å². The van der Waals surface area contributed by atoms with Crippen LogP contribution in [0.3, 0.4) is 0 Å². The molecule has 0 saturated carbocycles. The van der Waals surface area contributed by atoms with Gasteiger partial charge in [0.2, 0.25) is 0 Å². The zero-order chi connectivity index (χ0) is 58.9. The molecule has 1 heterocycles. The van der Waals surface area contributed by atoms with Crippen molar-refractivity contribution in [3.05, 3.63) is 122 Å². The molecule has 1 fully saturated rings. The van der Waals surface area contributed by atoms with Crippen molar-refractivity contribution < 1.29 is 58.2 Å². The Hall–Kier alpha value is -4.88. The van der Waals surface area contributed by atoms with E-state index in [1.54, 1.807) is 0 Å². The summed E-state index contributed by atoms with van der Waals surface area (Å²) in [5.74, 6) is -3.22. The third-order valence-electron chi connectivity index (χ3n) is 13.5. The van der Waals surface area contributed by atoms with Crippen molar-refractivity contribution in [1.82, 2.24) is 0 Å². The molecule has 0 aromatic carbocycles. The van der Waals surface area contributed by atoms with Gasteiger partial charge in [-0.1, -0.05) is 213 Å². The third kappa shape index (κ3) is 45.3. The SMILES string of the molecule is CC/C=C\C/C=C\C/C=C\C/C=C\CCCCCCC(=O)OC(COC(=O)CCCCCCCCCCC/C=C\C/C=C\CCCCC)COC1OC(C(=O)O)C(O)C(O)C1OC(=O)CCCC/C=C\C/C=C\C/C=C\C/C=C\CC. The predicted octanol–water partition coefficient (Wildman–Crippen LogP) is 16.8. The van der Waals surface area contributed by atoms with Gasteiger partial charge in [0, 0.05) is 19.3 Å². The number of aliphatic carboxylic acids is 1. The molecule has 6 atom stereocenters. The molecule has 12 nitrogen and oxygen atoms in total. The van der Waals surface area contributed by atoms with Crippen LogP contribution in [0.4, 0.5) is 0 Å². The number of allylic oxidation sites excluding steroid dienone is 20. The van der Waals surface area contributed by atoms with Crippen LogP contribution in [-0.2, 0) is 42.9 Å². The lowest BCUT2D eigenvalue weighted by atomic mass is 9.98. The molecule has 1 rings (SSSR count). The number of carbonyl (C=O) groups is 4. The number of carbonyl (C=O) groups excluding carboxylic acids is 3. The van der Waals surface area contributed by atoms with Crippen molar-refractivity contribution in [1.29, 1.82) is 0 Å². The van der Waals surface area contributed by atoms with Crippen LogP contribution in [0.2, 0.25) is 0 Å². The maximum Gasteiger partial charge on any atom is 0.335 e. The summed E-state index contributed by atoms with van der Waals surface area (Å²) in [6, 6.07) is 0. The van der Waals surface area contributed by atoms with Gasteiger partial charge in [0.25, 0.3) is 0 Å². The average Bonchev–Trinajstić information content (AvgIpc) is 3.52. The average molecular weight is 1130 g/mol. The molecule has 0 aliphatic carbocycles. The molecule has 6 unspecified atom stereocenters. The molecule has 0 radical (unpaired) electrons. The summed E-state index contributed by atoms with van der Waals surface area (Å²) in [5.41, 5.74) is 0. The molecule has 12 heteroatoms. The summed E-state index contributed by atoms with van der Waals surface area (Å²) in [6.07, 6.45) is 64.4. The lowest BCUT2D eigenvalue weighted by molar-refractivity contribution is -0.301. The lowest BCUT2D eigenvalue weighted by Gasteiger charge is -2.40. The van der Waals surface area contributed by atoms with Crippen LogP contribution in [-0.4, -0.2) is 89.2 Å². The van der Waals surface area contributed by atoms with Gasteiger partial charge in [0.05, 0.1) is 6.61 Å². The first-order chi connectivity index (χ1) is 39.6. The van der Waals surface area contributed by atoms with Crippen LogP contribution in [0, 0.1) is 0 Å². The molecule has 1 aliphatic rings. The molecule has 0 aromatic rings. The molecule has 458 valence electrons. The van der Waals surface area contributed by atoms with E-state index in [0.717, 1.165) is 116 Å². The Morgan fingerprint density at radius 2 is 0.778 bits per heavy atom. The van der Waals surface area contributed by atoms with Gasteiger partial charge in [-0.2, -0.15) is 0 Å². The largest absolute Gasteiger partial charge is 0.479 e. The summed E-state index contributed by atoms with van der Waals surface area (Å²) in [7, 11) is 0. The fraction of sp³-hybridized carbons (Fsp3) is 0.652. The smallest absolute Gasteiger partial charge is 0.335 e. The zero-order valence-electron chi connectivity index (χ0n) is 50.5. The van der Waals surface area contributed by atoms with Gasteiger partial charge in [-0.3, -0.25) is 14.4 Å². The zero-order valence-corrected chi connectivity index (χ0v) is 50.5. The lowest BCUT2D eigenvalue weighted by Crippen LogP contribution is -2.61. The molecule has 0 aromatic heterocycles. The van der Waals surface area contributed by atoms with E-state index in [1.807, 2.05) is 0 Å². The molecule has 0 amide bonds. The quantitative estimate of drug-likeness (QED) is 0.0228. The second-order valence-electron chi connectivity index (χ2n) is 20.9. The van der Waals surface area contributed by atoms with Crippen LogP contribution in [0.15, 0.2) is 122 Å². The highest BCUT2D eigenvalue weighted by Gasteiger charge is 2.50. The van der Waals surface area contributed by atoms with E-state index in [-0.39, 0.29) is 25.9 Å². The van der Waals surface area contributed by atoms with E-state index in [4.69, 9.17) is 23.7 Å². The summed E-state index contributed by atoms with van der Waals surface area (Å²) in [4.78, 5) is 51.3. The van der Waals surface area contributed by atoms with Gasteiger partial charge < -0.3 is 39.0 Å². The molecule has 1 saturated heterocycles. The molecular weight excluding hydrogens is 1020 g/mol. The van der Waals surface area contributed by atoms with Gasteiger partial charge in [0.15, 0.2) is 24.6 Å². The van der Waals surface area contributed by atoms with Crippen molar-refractivity contribution >= 4 is 23.9 Å². The van der Waals surface area contributed by atoms with E-state index < -0.39 is 67.3 Å². The van der Waals surface area contributed by atoms with Crippen molar-refractivity contribution in [2.24, 2.45) is 0 Å². The Balaban J connectivity index is 2.72. The Morgan fingerprint density at radius 1 is 0.420 bits per heavy atom. The number of ether oxygens (including phenoxy) is 5. The Labute approximate surface area is 490 Å². The van der Waals surface area contributed by atoms with Gasteiger partial charge in [0.1, 0.15) is 18.8 Å². The van der Waals surface area contributed by atoms with E-state index in [2.05, 4.69) is 142 Å². The van der Waals surface area contributed by atoms with Crippen molar-refractivity contribution in [3.8, 4) is 0 Å². The number of esters is 3. The highest BCUT2D eigenvalue weighted by atomic mass is 16.7. The summed E-state index contributed by atoms with van der Waals surface area (Å²) < 4.78 is 28.4. The van der Waals surface area contributed by atoms with Gasteiger partial charge in [-0.15, -0.1) is 0 Å². The van der Waals surface area contributed by atoms with E-state index in [9.17, 15) is 34.5 Å². The second kappa shape index (κ2) is 55.6. The summed E-state index contributed by atoms with van der Waals surface area (Å²) >= 11 is 0. The minimum atomic E-state index is -1.93. The normalized spacial score (nSPS) is 18.6. The number of unbranched alkanes of at least 4 members (excludes halogenated alkanes) is 18. The molecular formula is C69H110O12. The summed E-state index contributed by atoms with van der Waals surface area (Å²) in [6.45, 7) is 5.70. The number of carboxylic acid groups (broad SMARTS) is 1. The predicted molar refractivity (Wildman–Crippen MR) is 330 cm³/mol. The monoisotopic (exact) mass is 1130 g/mol. The topological polar surface area (TPSA) is 175 Å². The number of hydrogen-bond donors (Lipinski definition) is 3. The Morgan fingerprint density at radius 3 is 1.21 bits per heavy atom. The Bertz CT molecular complexity index is 1870. The van der Waals surface area contributed by atoms with Crippen LogP contribution >= 0.6 is 0 Å². The minimum Gasteiger partial charge on any atom is -0.479 e. The first-order valence-corrected chi connectivity index (χ1v) is 31.5. The van der Waals surface area contributed by atoms with Crippen molar-refractivity contribution in [2.75, 3.05) is 13.2 Å².